The first kappa shape index (κ1) is 29.9. The monoisotopic (exact) mass is 513 g/mol. The van der Waals surface area contributed by atoms with Gasteiger partial charge in [-0.3, -0.25) is 9.59 Å². The molecular formula is C29H43N3O3S. The molecule has 0 aliphatic heterocycles. The summed E-state index contributed by atoms with van der Waals surface area (Å²) in [6.07, 6.45) is 0.672. The lowest BCUT2D eigenvalue weighted by Gasteiger charge is -2.34. The fourth-order valence-corrected chi connectivity index (χ4v) is 4.84. The van der Waals surface area contributed by atoms with Crippen molar-refractivity contribution in [1.29, 1.82) is 0 Å². The summed E-state index contributed by atoms with van der Waals surface area (Å²) in [6, 6.07) is 18.7. The van der Waals surface area contributed by atoms with Crippen LogP contribution in [0.4, 0.5) is 0 Å². The SMILES string of the molecule is CC(=O)N[C@H](C(=O)N[C@@H](Cc1ccccc1)[C@H](O)CN(CCC(C)C)Sc1ccccc1)C(C)(C)C. The number of rotatable bonds is 13. The maximum atomic E-state index is 13.4. The molecule has 0 radical (unpaired) electrons. The molecule has 6 nitrogen and oxygen atoms in total. The Morgan fingerprint density at radius 1 is 0.972 bits per heavy atom. The summed E-state index contributed by atoms with van der Waals surface area (Å²) in [5.74, 6) is -0.0162. The summed E-state index contributed by atoms with van der Waals surface area (Å²) in [5.41, 5.74) is 0.544. The number of aliphatic hydroxyl groups is 1. The van der Waals surface area contributed by atoms with E-state index < -0.39 is 23.6 Å². The van der Waals surface area contributed by atoms with E-state index in [1.807, 2.05) is 69.3 Å². The standard InChI is InChI=1S/C29H43N3O3S/c1-21(2)17-18-32(36-24-15-11-8-12-16-24)20-26(34)25(19-23-13-9-7-10-14-23)31-28(35)27(29(4,5)6)30-22(3)33/h7-16,21,25-27,34H,17-20H2,1-6H3,(H,30,33)(H,31,35)/t25-,26+,27+/m0/s1. The van der Waals surface area contributed by atoms with Crippen LogP contribution >= 0.6 is 11.9 Å². The topological polar surface area (TPSA) is 81.7 Å². The maximum Gasteiger partial charge on any atom is 0.243 e. The highest BCUT2D eigenvalue weighted by Crippen LogP contribution is 2.25. The molecule has 0 heterocycles. The third-order valence-electron chi connectivity index (χ3n) is 5.89. The van der Waals surface area contributed by atoms with E-state index in [1.54, 1.807) is 11.9 Å². The minimum absolute atomic E-state index is 0.260. The molecule has 2 aromatic carbocycles. The number of carbonyl (C=O) groups is 2. The second-order valence-electron chi connectivity index (χ2n) is 10.8. The van der Waals surface area contributed by atoms with Crippen LogP contribution in [0.25, 0.3) is 0 Å². The zero-order valence-electron chi connectivity index (χ0n) is 22.5. The van der Waals surface area contributed by atoms with Crippen LogP contribution in [0.3, 0.4) is 0 Å². The van der Waals surface area contributed by atoms with E-state index in [2.05, 4.69) is 40.9 Å². The lowest BCUT2D eigenvalue weighted by atomic mass is 9.85. The van der Waals surface area contributed by atoms with E-state index in [9.17, 15) is 14.7 Å². The highest BCUT2D eigenvalue weighted by Gasteiger charge is 2.34. The normalized spacial score (nSPS) is 14.4. The van der Waals surface area contributed by atoms with Gasteiger partial charge >= 0.3 is 0 Å². The summed E-state index contributed by atoms with van der Waals surface area (Å²) in [6.45, 7) is 12.8. The van der Waals surface area contributed by atoms with Crippen molar-refractivity contribution in [3.63, 3.8) is 0 Å². The van der Waals surface area contributed by atoms with Crippen molar-refractivity contribution < 1.29 is 14.7 Å². The largest absolute Gasteiger partial charge is 0.390 e. The van der Waals surface area contributed by atoms with Gasteiger partial charge in [-0.2, -0.15) is 0 Å². The molecule has 0 saturated heterocycles. The molecular weight excluding hydrogens is 470 g/mol. The third-order valence-corrected chi connectivity index (χ3v) is 6.96. The molecule has 2 amide bonds. The van der Waals surface area contributed by atoms with Gasteiger partial charge in [-0.15, -0.1) is 0 Å². The first-order valence-electron chi connectivity index (χ1n) is 12.7. The van der Waals surface area contributed by atoms with Gasteiger partial charge in [0.05, 0.1) is 12.1 Å². The van der Waals surface area contributed by atoms with Crippen LogP contribution in [0, 0.1) is 11.3 Å². The van der Waals surface area contributed by atoms with Gasteiger partial charge < -0.3 is 15.7 Å². The zero-order valence-corrected chi connectivity index (χ0v) is 23.3. The minimum Gasteiger partial charge on any atom is -0.390 e. The van der Waals surface area contributed by atoms with E-state index in [0.717, 1.165) is 23.4 Å². The van der Waals surface area contributed by atoms with Crippen LogP contribution < -0.4 is 10.6 Å². The first-order valence-corrected chi connectivity index (χ1v) is 13.5. The maximum absolute atomic E-state index is 13.4. The van der Waals surface area contributed by atoms with E-state index in [0.29, 0.717) is 18.9 Å². The number of nitrogens with one attached hydrogen (secondary N) is 2. The summed E-state index contributed by atoms with van der Waals surface area (Å²) in [7, 11) is 0. The van der Waals surface area contributed by atoms with E-state index >= 15 is 0 Å². The van der Waals surface area contributed by atoms with Crippen molar-refractivity contribution in [3.8, 4) is 0 Å². The Morgan fingerprint density at radius 2 is 1.56 bits per heavy atom. The van der Waals surface area contributed by atoms with Gasteiger partial charge in [-0.05, 0) is 53.8 Å². The smallest absolute Gasteiger partial charge is 0.243 e. The Hall–Kier alpha value is -2.35. The number of aliphatic hydroxyl groups excluding tert-OH is 1. The lowest BCUT2D eigenvalue weighted by Crippen LogP contribution is -2.58. The Morgan fingerprint density at radius 3 is 2.08 bits per heavy atom. The Bertz CT molecular complexity index is 932. The third kappa shape index (κ3) is 10.7. The number of hydrogen-bond acceptors (Lipinski definition) is 5. The van der Waals surface area contributed by atoms with Gasteiger partial charge in [0.1, 0.15) is 6.04 Å². The number of benzene rings is 2. The van der Waals surface area contributed by atoms with Crippen LogP contribution in [0.15, 0.2) is 65.6 Å². The molecule has 0 unspecified atom stereocenters. The van der Waals surface area contributed by atoms with Crippen molar-refractivity contribution in [2.45, 2.75) is 77.5 Å². The predicted octanol–water partition coefficient (Wildman–Crippen LogP) is 4.68. The Kier molecular flexibility index (Phi) is 12.0. The first-order chi connectivity index (χ1) is 17.0. The van der Waals surface area contributed by atoms with Crippen LogP contribution in [0.5, 0.6) is 0 Å². The summed E-state index contributed by atoms with van der Waals surface area (Å²) in [5, 5.41) is 17.3. The van der Waals surface area contributed by atoms with Crippen molar-refractivity contribution in [2.75, 3.05) is 13.1 Å². The average Bonchev–Trinajstić information content (AvgIpc) is 2.81. The molecule has 198 valence electrons. The molecule has 2 rings (SSSR count). The van der Waals surface area contributed by atoms with Crippen molar-refractivity contribution in [3.05, 3.63) is 66.2 Å². The molecule has 36 heavy (non-hydrogen) atoms. The van der Waals surface area contributed by atoms with Crippen LogP contribution in [0.1, 0.15) is 53.5 Å². The molecule has 0 spiro atoms. The molecule has 2 aromatic rings. The summed E-state index contributed by atoms with van der Waals surface area (Å²) in [4.78, 5) is 26.3. The molecule has 0 fully saturated rings. The van der Waals surface area contributed by atoms with Crippen LogP contribution in [0.2, 0.25) is 0 Å². The van der Waals surface area contributed by atoms with Gasteiger partial charge in [-0.25, -0.2) is 4.31 Å². The van der Waals surface area contributed by atoms with Gasteiger partial charge in [-0.1, -0.05) is 83.1 Å². The molecule has 7 heteroatoms. The Labute approximate surface area is 221 Å². The summed E-state index contributed by atoms with van der Waals surface area (Å²) >= 11 is 1.62. The van der Waals surface area contributed by atoms with Gasteiger partial charge in [0, 0.05) is 24.9 Å². The molecule has 3 N–H and O–H groups in total. The fraction of sp³-hybridized carbons (Fsp3) is 0.517. The molecule has 3 atom stereocenters. The number of hydrogen-bond donors (Lipinski definition) is 3. The number of carbonyl (C=O) groups excluding carboxylic acids is 2. The molecule has 0 bridgehead atoms. The average molecular weight is 514 g/mol. The second-order valence-corrected chi connectivity index (χ2v) is 12.0. The van der Waals surface area contributed by atoms with Gasteiger partial charge in [0.2, 0.25) is 11.8 Å². The van der Waals surface area contributed by atoms with Gasteiger partial charge in [0.15, 0.2) is 0 Å². The van der Waals surface area contributed by atoms with Crippen molar-refractivity contribution in [1.82, 2.24) is 14.9 Å². The van der Waals surface area contributed by atoms with Crippen LogP contribution in [-0.2, 0) is 16.0 Å². The van der Waals surface area contributed by atoms with Gasteiger partial charge in [0.25, 0.3) is 0 Å². The van der Waals surface area contributed by atoms with E-state index in [4.69, 9.17) is 0 Å². The molecule has 0 aliphatic rings. The van der Waals surface area contributed by atoms with Crippen LogP contribution in [-0.4, -0.2) is 52.5 Å². The number of nitrogens with zero attached hydrogens (tertiary/aromatic N) is 1. The van der Waals surface area contributed by atoms with E-state index in [1.165, 1.54) is 6.92 Å². The predicted molar refractivity (Wildman–Crippen MR) is 148 cm³/mol. The lowest BCUT2D eigenvalue weighted by molar-refractivity contribution is -0.131. The highest BCUT2D eigenvalue weighted by atomic mass is 32.2. The number of amides is 2. The molecule has 0 aromatic heterocycles. The van der Waals surface area contributed by atoms with E-state index in [-0.39, 0.29) is 11.8 Å². The Balaban J connectivity index is 2.25. The molecule has 0 aliphatic carbocycles. The second kappa shape index (κ2) is 14.4. The minimum atomic E-state index is -0.810. The highest BCUT2D eigenvalue weighted by molar-refractivity contribution is 7.97. The molecule has 0 saturated carbocycles. The van der Waals surface area contributed by atoms with Crippen molar-refractivity contribution >= 4 is 23.8 Å². The quantitative estimate of drug-likeness (QED) is 0.339. The zero-order chi connectivity index (χ0) is 26.7. The van der Waals surface area contributed by atoms with Crippen molar-refractivity contribution in [2.24, 2.45) is 11.3 Å². The fourth-order valence-electron chi connectivity index (χ4n) is 3.84. The summed E-state index contributed by atoms with van der Waals surface area (Å²) < 4.78 is 2.18.